The molecule has 2 aliphatic rings. The number of para-hydroxylation sites is 2. The number of carbonyl (C=O) groups is 1. The van der Waals surface area contributed by atoms with Gasteiger partial charge in [-0.2, -0.15) is 9.39 Å². The number of benzene rings is 2. The number of ether oxygens (including phenoxy) is 4. The molecule has 37 heavy (non-hydrogen) atoms. The van der Waals surface area contributed by atoms with E-state index in [9.17, 15) is 13.2 Å². The van der Waals surface area contributed by atoms with E-state index in [4.69, 9.17) is 24.4 Å². The van der Waals surface area contributed by atoms with Gasteiger partial charge in [0.2, 0.25) is 20.2 Å². The molecule has 0 saturated heterocycles. The number of nitrogens with one attached hydrogen (secondary N) is 1. The Kier molecular flexibility index (Phi) is 7.83. The predicted octanol–water partition coefficient (Wildman–Crippen LogP) is 3.17. The maximum Gasteiger partial charge on any atom is 0.283 e. The molecule has 0 radical (unpaired) electrons. The van der Waals surface area contributed by atoms with Crippen LogP contribution < -0.4 is 18.9 Å². The van der Waals surface area contributed by atoms with Crippen molar-refractivity contribution in [2.75, 3.05) is 33.7 Å². The van der Waals surface area contributed by atoms with E-state index >= 15 is 0 Å². The number of amidine groups is 3. The third-order valence-electron chi connectivity index (χ3n) is 5.20. The molecule has 0 aliphatic carbocycles. The summed E-state index contributed by atoms with van der Waals surface area (Å²) in [4.78, 5) is 17.5. The summed E-state index contributed by atoms with van der Waals surface area (Å²) in [6.07, 6.45) is 3.04. The van der Waals surface area contributed by atoms with E-state index in [1.54, 1.807) is 25.3 Å². The fourth-order valence-corrected chi connectivity index (χ4v) is 5.30. The van der Waals surface area contributed by atoms with Gasteiger partial charge in [-0.3, -0.25) is 10.2 Å². The van der Waals surface area contributed by atoms with Crippen LogP contribution in [0.2, 0.25) is 0 Å². The number of hydrogen-bond donors (Lipinski definition) is 1. The third-order valence-corrected chi connectivity index (χ3v) is 6.95. The molecular weight excluding hydrogens is 520 g/mol. The number of methoxy groups -OCH3 is 2. The van der Waals surface area contributed by atoms with Gasteiger partial charge >= 0.3 is 0 Å². The second-order valence-corrected chi connectivity index (χ2v) is 10.4. The molecular formula is C24H24N4O7S2. The predicted molar refractivity (Wildman–Crippen MR) is 141 cm³/mol. The summed E-state index contributed by atoms with van der Waals surface area (Å²) in [5, 5.41) is 8.14. The molecule has 2 aromatic rings. The number of aliphatic imine (C=N–C) groups is 1. The van der Waals surface area contributed by atoms with Crippen molar-refractivity contribution in [1.82, 2.24) is 4.90 Å². The van der Waals surface area contributed by atoms with E-state index in [2.05, 4.69) is 9.39 Å². The number of fused-ring (bicyclic) bond motifs is 1. The summed E-state index contributed by atoms with van der Waals surface area (Å²) < 4.78 is 50.2. The first kappa shape index (κ1) is 26.2. The van der Waals surface area contributed by atoms with Crippen molar-refractivity contribution in [2.24, 2.45) is 9.39 Å². The van der Waals surface area contributed by atoms with Crippen molar-refractivity contribution in [3.63, 3.8) is 0 Å². The minimum atomic E-state index is -3.73. The normalized spacial score (nSPS) is 16.3. The number of hydrogen-bond acceptors (Lipinski definition) is 10. The molecule has 0 bridgehead atoms. The first-order valence-corrected chi connectivity index (χ1v) is 13.6. The monoisotopic (exact) mass is 544 g/mol. The Balaban J connectivity index is 1.43. The van der Waals surface area contributed by atoms with Crippen LogP contribution in [-0.2, 0) is 14.6 Å². The van der Waals surface area contributed by atoms with Crippen LogP contribution in [0.3, 0.4) is 0 Å². The number of carbonyl (C=O) groups excluding carboxylic acids is 1. The Bertz CT molecular complexity index is 1430. The highest BCUT2D eigenvalue weighted by molar-refractivity contribution is 8.16. The largest absolute Gasteiger partial charge is 0.493 e. The molecule has 0 saturated carbocycles. The highest BCUT2D eigenvalue weighted by Gasteiger charge is 2.41. The average Bonchev–Trinajstić information content (AvgIpc) is 3.31. The summed E-state index contributed by atoms with van der Waals surface area (Å²) >= 11 is 0.741. The first-order chi connectivity index (χ1) is 17.7. The lowest BCUT2D eigenvalue weighted by Gasteiger charge is -2.23. The highest BCUT2D eigenvalue weighted by atomic mass is 32.2. The van der Waals surface area contributed by atoms with E-state index in [1.165, 1.54) is 13.2 Å². The van der Waals surface area contributed by atoms with Crippen molar-refractivity contribution >= 4 is 49.9 Å². The molecule has 0 atom stereocenters. The maximum absolute atomic E-state index is 12.6. The van der Waals surface area contributed by atoms with E-state index < -0.39 is 15.7 Å². The van der Waals surface area contributed by atoms with Crippen LogP contribution in [0.25, 0.3) is 6.08 Å². The van der Waals surface area contributed by atoms with Gasteiger partial charge in [0.1, 0.15) is 5.84 Å². The van der Waals surface area contributed by atoms with Gasteiger partial charge in [-0.1, -0.05) is 18.2 Å². The zero-order chi connectivity index (χ0) is 26.6. The molecule has 1 amide bonds. The summed E-state index contributed by atoms with van der Waals surface area (Å²) in [6, 6.07) is 12.4. The van der Waals surface area contributed by atoms with Crippen LogP contribution in [0.4, 0.5) is 0 Å². The Morgan fingerprint density at radius 1 is 1.00 bits per heavy atom. The minimum Gasteiger partial charge on any atom is -0.493 e. The summed E-state index contributed by atoms with van der Waals surface area (Å²) in [7, 11) is -0.650. The topological polar surface area (TPSA) is 140 Å². The minimum absolute atomic E-state index is 0.0311. The Morgan fingerprint density at radius 3 is 2.30 bits per heavy atom. The van der Waals surface area contributed by atoms with E-state index in [0.717, 1.165) is 23.1 Å². The number of amides is 1. The fraction of sp³-hybridized carbons (Fsp3) is 0.250. The maximum atomic E-state index is 12.6. The molecule has 11 nitrogen and oxygen atoms in total. The van der Waals surface area contributed by atoms with Crippen molar-refractivity contribution in [3.8, 4) is 23.0 Å². The second kappa shape index (κ2) is 11.0. The van der Waals surface area contributed by atoms with Crippen LogP contribution >= 0.6 is 11.9 Å². The van der Waals surface area contributed by atoms with E-state index in [-0.39, 0.29) is 21.7 Å². The van der Waals surface area contributed by atoms with Gasteiger partial charge < -0.3 is 18.9 Å². The van der Waals surface area contributed by atoms with Gasteiger partial charge in [0.25, 0.3) is 5.91 Å². The second-order valence-electron chi connectivity index (χ2n) is 7.79. The molecule has 0 unspecified atom stereocenters. The van der Waals surface area contributed by atoms with Crippen molar-refractivity contribution < 1.29 is 32.2 Å². The van der Waals surface area contributed by atoms with Gasteiger partial charge in [-0.25, -0.2) is 13.3 Å². The van der Waals surface area contributed by atoms with Gasteiger partial charge in [-0.15, -0.1) is 0 Å². The average molecular weight is 545 g/mol. The molecule has 4 rings (SSSR count). The zero-order valence-electron chi connectivity index (χ0n) is 20.3. The SMILES string of the molecule is COc1ccccc1OCCCOc1ccc(/C=C2/C(=N)N3C(=NC2=O)SN=C3S(C)(=O)=O)cc1OC. The van der Waals surface area contributed by atoms with E-state index in [1.807, 2.05) is 24.3 Å². The molecule has 2 aromatic carbocycles. The Labute approximate surface area is 218 Å². The molecule has 0 aromatic heterocycles. The van der Waals surface area contributed by atoms with Gasteiger partial charge in [-0.05, 0) is 35.9 Å². The lowest BCUT2D eigenvalue weighted by atomic mass is 10.1. The summed E-state index contributed by atoms with van der Waals surface area (Å²) in [5.41, 5.74) is 0.465. The third kappa shape index (κ3) is 5.78. The van der Waals surface area contributed by atoms with Crippen LogP contribution in [0.1, 0.15) is 12.0 Å². The van der Waals surface area contributed by atoms with Gasteiger partial charge in [0.15, 0.2) is 23.0 Å². The van der Waals surface area contributed by atoms with Crippen molar-refractivity contribution in [2.45, 2.75) is 6.42 Å². The standard InChI is InChI=1S/C24H24N4O7S2/c1-32-17-7-4-5-8-18(17)34-11-6-12-35-19-10-9-15(14-20(19)33-2)13-16-21(25)28-23(26-22(16)29)36-27-24(28)37(3,30)31/h4-5,7-10,13-14,25H,6,11-12H2,1-3H3/b16-13-,25-21?. The first-order valence-electron chi connectivity index (χ1n) is 11.0. The Morgan fingerprint density at radius 2 is 1.65 bits per heavy atom. The summed E-state index contributed by atoms with van der Waals surface area (Å²) in [6.45, 7) is 0.792. The quantitative estimate of drug-likeness (QED) is 0.286. The highest BCUT2D eigenvalue weighted by Crippen LogP contribution is 2.32. The molecule has 2 aliphatic heterocycles. The molecule has 194 valence electrons. The van der Waals surface area contributed by atoms with Gasteiger partial charge in [0, 0.05) is 12.7 Å². The number of sulfone groups is 1. The molecule has 0 spiro atoms. The lowest BCUT2D eigenvalue weighted by molar-refractivity contribution is -0.114. The molecule has 1 N–H and O–H groups in total. The Hall–Kier alpha value is -3.84. The van der Waals surface area contributed by atoms with Crippen molar-refractivity contribution in [1.29, 1.82) is 5.41 Å². The van der Waals surface area contributed by atoms with Crippen LogP contribution in [0.5, 0.6) is 23.0 Å². The van der Waals surface area contributed by atoms with Crippen molar-refractivity contribution in [3.05, 3.63) is 53.6 Å². The van der Waals surface area contributed by atoms with Crippen LogP contribution in [0.15, 0.2) is 57.4 Å². The van der Waals surface area contributed by atoms with E-state index in [0.29, 0.717) is 48.2 Å². The van der Waals surface area contributed by atoms with Crippen LogP contribution in [0, 0.1) is 5.41 Å². The number of rotatable bonds is 9. The summed E-state index contributed by atoms with van der Waals surface area (Å²) in [5.74, 6) is 1.25. The zero-order valence-corrected chi connectivity index (χ0v) is 21.9. The molecule has 0 fully saturated rings. The van der Waals surface area contributed by atoms with Crippen LogP contribution in [-0.4, -0.2) is 69.1 Å². The molecule has 13 heteroatoms. The fourth-order valence-electron chi connectivity index (χ4n) is 3.46. The van der Waals surface area contributed by atoms with Gasteiger partial charge in [0.05, 0.1) is 45.0 Å². The smallest absolute Gasteiger partial charge is 0.283 e. The molecule has 2 heterocycles. The number of nitrogens with zero attached hydrogens (tertiary/aromatic N) is 3. The lowest BCUT2D eigenvalue weighted by Crippen LogP contribution is -2.45.